The van der Waals surface area contributed by atoms with Crippen molar-refractivity contribution in [3.63, 3.8) is 0 Å². The Hall–Kier alpha value is -3.99. The first-order chi connectivity index (χ1) is 15.2. The standard InChI is InChI=1S/C23H18N4O4/c24-8-9-26-11-19(28)27-17(23(26)29)10-15-13-4-1-2-6-16(13)25-20(15)21(27)14-5-3-7-18-22(14)31-12-30-18/h1-7,17,21,25H,9-12H2. The average Bonchev–Trinajstić information content (AvgIpc) is 3.40. The number of hydrogen-bond donors (Lipinski definition) is 1. The molecule has 1 aromatic heterocycles. The fourth-order valence-corrected chi connectivity index (χ4v) is 5.04. The van der Waals surface area contributed by atoms with Gasteiger partial charge in [0.15, 0.2) is 11.5 Å². The van der Waals surface area contributed by atoms with E-state index in [0.717, 1.165) is 27.7 Å². The molecule has 0 spiro atoms. The first-order valence-corrected chi connectivity index (χ1v) is 10.1. The summed E-state index contributed by atoms with van der Waals surface area (Å²) >= 11 is 0. The van der Waals surface area contributed by atoms with Crippen molar-refractivity contribution < 1.29 is 19.1 Å². The highest BCUT2D eigenvalue weighted by molar-refractivity contribution is 5.98. The lowest BCUT2D eigenvalue weighted by molar-refractivity contribution is -0.158. The summed E-state index contributed by atoms with van der Waals surface area (Å²) in [6, 6.07) is 14.3. The van der Waals surface area contributed by atoms with Gasteiger partial charge in [0.05, 0.1) is 6.07 Å². The molecule has 4 heterocycles. The quantitative estimate of drug-likeness (QED) is 0.648. The van der Waals surface area contributed by atoms with Crippen LogP contribution in [0.15, 0.2) is 42.5 Å². The number of rotatable bonds is 2. The molecular formula is C23H18N4O4. The molecule has 3 aliphatic rings. The molecule has 31 heavy (non-hydrogen) atoms. The molecule has 0 bridgehead atoms. The van der Waals surface area contributed by atoms with Gasteiger partial charge in [-0.25, -0.2) is 0 Å². The van der Waals surface area contributed by atoms with Crippen LogP contribution in [0.5, 0.6) is 11.5 Å². The molecule has 2 amide bonds. The highest BCUT2D eigenvalue weighted by atomic mass is 16.7. The van der Waals surface area contributed by atoms with Gasteiger partial charge in [-0.2, -0.15) is 5.26 Å². The number of amides is 2. The summed E-state index contributed by atoms with van der Waals surface area (Å²) in [4.78, 5) is 33.1. The van der Waals surface area contributed by atoms with Gasteiger partial charge in [-0.05, 0) is 17.7 Å². The van der Waals surface area contributed by atoms with Crippen molar-refractivity contribution in [2.75, 3.05) is 19.9 Å². The lowest BCUT2D eigenvalue weighted by Gasteiger charge is -2.46. The number of aromatic nitrogens is 1. The number of carbonyl (C=O) groups is 2. The van der Waals surface area contributed by atoms with E-state index in [9.17, 15) is 9.59 Å². The maximum atomic E-state index is 13.3. The predicted molar refractivity (Wildman–Crippen MR) is 109 cm³/mol. The molecule has 6 rings (SSSR count). The van der Waals surface area contributed by atoms with Gasteiger partial charge in [0, 0.05) is 28.6 Å². The van der Waals surface area contributed by atoms with Gasteiger partial charge in [0.25, 0.3) is 0 Å². The fraction of sp³-hybridized carbons (Fsp3) is 0.261. The van der Waals surface area contributed by atoms with Crippen LogP contribution in [-0.4, -0.2) is 52.5 Å². The van der Waals surface area contributed by atoms with Crippen molar-refractivity contribution in [1.29, 1.82) is 5.26 Å². The third-order valence-electron chi connectivity index (χ3n) is 6.33. The molecule has 3 aromatic rings. The van der Waals surface area contributed by atoms with Crippen LogP contribution >= 0.6 is 0 Å². The molecule has 1 saturated heterocycles. The summed E-state index contributed by atoms with van der Waals surface area (Å²) in [6.07, 6.45) is 0.398. The van der Waals surface area contributed by atoms with E-state index < -0.39 is 12.1 Å². The van der Waals surface area contributed by atoms with Crippen LogP contribution in [0.4, 0.5) is 0 Å². The first-order valence-electron chi connectivity index (χ1n) is 10.1. The van der Waals surface area contributed by atoms with E-state index in [0.29, 0.717) is 17.9 Å². The van der Waals surface area contributed by atoms with Crippen LogP contribution in [0.25, 0.3) is 10.9 Å². The zero-order valence-electron chi connectivity index (χ0n) is 16.5. The smallest absolute Gasteiger partial charge is 0.247 e. The van der Waals surface area contributed by atoms with Crippen LogP contribution in [-0.2, 0) is 16.0 Å². The van der Waals surface area contributed by atoms with Crippen LogP contribution in [0, 0.1) is 11.3 Å². The number of fused-ring (bicyclic) bond motifs is 5. The Balaban J connectivity index is 1.59. The second-order valence-corrected chi connectivity index (χ2v) is 7.92. The Labute approximate surface area is 177 Å². The van der Waals surface area contributed by atoms with Gasteiger partial charge < -0.3 is 24.3 Å². The molecule has 2 unspecified atom stereocenters. The number of piperazine rings is 1. The van der Waals surface area contributed by atoms with Gasteiger partial charge in [-0.3, -0.25) is 9.59 Å². The summed E-state index contributed by atoms with van der Waals surface area (Å²) in [5, 5.41) is 10.1. The second kappa shape index (κ2) is 6.51. The third-order valence-corrected chi connectivity index (χ3v) is 6.33. The van der Waals surface area contributed by atoms with Crippen molar-refractivity contribution in [2.45, 2.75) is 18.5 Å². The van der Waals surface area contributed by atoms with Crippen molar-refractivity contribution in [3.8, 4) is 17.6 Å². The maximum absolute atomic E-state index is 13.3. The van der Waals surface area contributed by atoms with Crippen molar-refractivity contribution in [1.82, 2.24) is 14.8 Å². The van der Waals surface area contributed by atoms with Crippen LogP contribution in [0.1, 0.15) is 22.9 Å². The maximum Gasteiger partial charge on any atom is 0.247 e. The molecule has 2 atom stereocenters. The van der Waals surface area contributed by atoms with Crippen molar-refractivity contribution >= 4 is 22.7 Å². The first kappa shape index (κ1) is 17.8. The Morgan fingerprint density at radius 3 is 2.87 bits per heavy atom. The number of H-pyrrole nitrogens is 1. The van der Waals surface area contributed by atoms with Gasteiger partial charge in [-0.1, -0.05) is 30.3 Å². The molecule has 0 saturated carbocycles. The van der Waals surface area contributed by atoms with Gasteiger partial charge in [0.1, 0.15) is 25.2 Å². The van der Waals surface area contributed by atoms with Crippen LogP contribution in [0.3, 0.4) is 0 Å². The summed E-state index contributed by atoms with van der Waals surface area (Å²) in [5.74, 6) is 0.828. The molecule has 3 aliphatic heterocycles. The van der Waals surface area contributed by atoms with Gasteiger partial charge in [0.2, 0.25) is 18.6 Å². The van der Waals surface area contributed by atoms with E-state index in [4.69, 9.17) is 14.7 Å². The van der Waals surface area contributed by atoms with Crippen molar-refractivity contribution in [2.24, 2.45) is 0 Å². The molecule has 0 aliphatic carbocycles. The van der Waals surface area contributed by atoms with E-state index in [-0.39, 0.29) is 31.7 Å². The third kappa shape index (κ3) is 2.46. The second-order valence-electron chi connectivity index (χ2n) is 7.92. The highest BCUT2D eigenvalue weighted by Gasteiger charge is 2.49. The number of hydrogen-bond acceptors (Lipinski definition) is 5. The Morgan fingerprint density at radius 2 is 2.00 bits per heavy atom. The molecular weight excluding hydrogens is 396 g/mol. The predicted octanol–water partition coefficient (Wildman–Crippen LogP) is 2.11. The number of aromatic amines is 1. The van der Waals surface area contributed by atoms with Gasteiger partial charge in [-0.15, -0.1) is 0 Å². The van der Waals surface area contributed by atoms with E-state index in [1.165, 1.54) is 4.90 Å². The zero-order chi connectivity index (χ0) is 21.1. The number of nitrogens with zero attached hydrogens (tertiary/aromatic N) is 3. The number of nitriles is 1. The highest BCUT2D eigenvalue weighted by Crippen LogP contribution is 2.48. The van der Waals surface area contributed by atoms with Crippen molar-refractivity contribution in [3.05, 3.63) is 59.3 Å². The number of para-hydroxylation sites is 2. The normalized spacial score (nSPS) is 21.8. The molecule has 0 radical (unpaired) electrons. The molecule has 2 aromatic carbocycles. The minimum absolute atomic E-state index is 0.0992. The topological polar surface area (TPSA) is 98.7 Å². The fourth-order valence-electron chi connectivity index (χ4n) is 5.04. The largest absolute Gasteiger partial charge is 0.454 e. The summed E-state index contributed by atoms with van der Waals surface area (Å²) in [6.45, 7) is -0.0930. The van der Waals surface area contributed by atoms with E-state index in [1.807, 2.05) is 48.5 Å². The molecule has 1 fully saturated rings. The number of ether oxygens (including phenoxy) is 2. The molecule has 8 nitrogen and oxygen atoms in total. The monoisotopic (exact) mass is 414 g/mol. The summed E-state index contributed by atoms with van der Waals surface area (Å²) < 4.78 is 11.3. The summed E-state index contributed by atoms with van der Waals surface area (Å²) in [5.41, 5.74) is 3.63. The lowest BCUT2D eigenvalue weighted by atomic mass is 9.86. The number of nitrogens with one attached hydrogen (secondary N) is 1. The van der Waals surface area contributed by atoms with Gasteiger partial charge >= 0.3 is 0 Å². The van der Waals surface area contributed by atoms with E-state index in [2.05, 4.69) is 4.98 Å². The lowest BCUT2D eigenvalue weighted by Crippen LogP contribution is -2.63. The van der Waals surface area contributed by atoms with Crippen LogP contribution in [0.2, 0.25) is 0 Å². The Bertz CT molecular complexity index is 1290. The van der Waals surface area contributed by atoms with E-state index in [1.54, 1.807) is 4.90 Å². The number of carbonyl (C=O) groups excluding carboxylic acids is 2. The number of benzene rings is 2. The average molecular weight is 414 g/mol. The molecule has 1 N–H and O–H groups in total. The summed E-state index contributed by atoms with van der Waals surface area (Å²) in [7, 11) is 0. The SMILES string of the molecule is N#CCN1CC(=O)N2C(Cc3c([nH]c4ccccc34)C2c2cccc3c2OCO3)C1=O. The minimum Gasteiger partial charge on any atom is -0.454 e. The van der Waals surface area contributed by atoms with E-state index >= 15 is 0 Å². The molecule has 154 valence electrons. The minimum atomic E-state index is -0.676. The molecule has 8 heteroatoms. The Morgan fingerprint density at radius 1 is 1.13 bits per heavy atom. The van der Waals surface area contributed by atoms with Crippen LogP contribution < -0.4 is 9.47 Å². The Kier molecular flexibility index (Phi) is 3.74. The zero-order valence-corrected chi connectivity index (χ0v) is 16.5.